The highest BCUT2D eigenvalue weighted by Gasteiger charge is 2.33. The van der Waals surface area contributed by atoms with Crippen LogP contribution in [0.3, 0.4) is 0 Å². The molecule has 1 aliphatic carbocycles. The molecule has 126 valence electrons. The molecule has 1 amide bonds. The Balaban J connectivity index is 1.98. The number of nitrogens with zero attached hydrogens (tertiary/aromatic N) is 1. The van der Waals surface area contributed by atoms with Gasteiger partial charge < -0.3 is 10.0 Å². The summed E-state index contributed by atoms with van der Waals surface area (Å²) in [6, 6.07) is 0. The molecular formula is C19H33NO2. The summed E-state index contributed by atoms with van der Waals surface area (Å²) >= 11 is 0. The summed E-state index contributed by atoms with van der Waals surface area (Å²) in [6.07, 6.45) is 6.21. The molecule has 1 heterocycles. The summed E-state index contributed by atoms with van der Waals surface area (Å²) in [7, 11) is 0. The zero-order chi connectivity index (χ0) is 16.3. The van der Waals surface area contributed by atoms with Crippen molar-refractivity contribution in [2.24, 2.45) is 29.6 Å². The number of likely N-dealkylation sites (tertiary alicyclic amines) is 1. The van der Waals surface area contributed by atoms with Crippen molar-refractivity contribution >= 4 is 5.91 Å². The fourth-order valence-electron chi connectivity index (χ4n) is 4.08. The number of carbonyl (C=O) groups is 1. The first-order valence-electron chi connectivity index (χ1n) is 8.99. The zero-order valence-electron chi connectivity index (χ0n) is 14.7. The van der Waals surface area contributed by atoms with Crippen molar-refractivity contribution < 1.29 is 9.90 Å². The molecule has 1 fully saturated rings. The smallest absolute Gasteiger partial charge is 0.223 e. The first kappa shape index (κ1) is 17.5. The van der Waals surface area contributed by atoms with Crippen molar-refractivity contribution in [3.05, 3.63) is 11.6 Å². The van der Waals surface area contributed by atoms with Crippen LogP contribution in [-0.2, 0) is 4.79 Å². The van der Waals surface area contributed by atoms with E-state index in [4.69, 9.17) is 0 Å². The van der Waals surface area contributed by atoms with Crippen LogP contribution < -0.4 is 0 Å². The largest absolute Gasteiger partial charge is 0.396 e. The van der Waals surface area contributed by atoms with E-state index < -0.39 is 0 Å². The molecule has 0 aromatic heterocycles. The first-order valence-corrected chi connectivity index (χ1v) is 8.99. The zero-order valence-corrected chi connectivity index (χ0v) is 14.7. The van der Waals surface area contributed by atoms with Crippen molar-refractivity contribution in [2.75, 3.05) is 19.7 Å². The molecule has 0 bridgehead atoms. The maximum absolute atomic E-state index is 12.6. The minimum atomic E-state index is 0.227. The molecule has 3 atom stereocenters. The van der Waals surface area contributed by atoms with E-state index in [0.29, 0.717) is 30.1 Å². The monoisotopic (exact) mass is 307 g/mol. The third-order valence-corrected chi connectivity index (χ3v) is 5.85. The summed E-state index contributed by atoms with van der Waals surface area (Å²) in [5, 5.41) is 9.61. The average molecular weight is 307 g/mol. The van der Waals surface area contributed by atoms with E-state index in [-0.39, 0.29) is 12.5 Å². The normalized spacial score (nSPS) is 30.5. The van der Waals surface area contributed by atoms with Crippen LogP contribution in [0.5, 0.6) is 0 Å². The fourth-order valence-corrected chi connectivity index (χ4v) is 4.08. The maximum Gasteiger partial charge on any atom is 0.223 e. The van der Waals surface area contributed by atoms with E-state index in [1.54, 1.807) is 0 Å². The molecule has 22 heavy (non-hydrogen) atoms. The number of rotatable bonds is 4. The number of carbonyl (C=O) groups excluding carboxylic acids is 1. The second-order valence-electron chi connectivity index (χ2n) is 7.87. The molecule has 1 N–H and O–H groups in total. The molecule has 2 rings (SSSR count). The van der Waals surface area contributed by atoms with Crippen molar-refractivity contribution in [2.45, 2.75) is 53.4 Å². The van der Waals surface area contributed by atoms with E-state index in [1.165, 1.54) is 5.57 Å². The third-order valence-electron chi connectivity index (χ3n) is 5.85. The van der Waals surface area contributed by atoms with E-state index in [0.717, 1.165) is 38.3 Å². The van der Waals surface area contributed by atoms with Gasteiger partial charge in [0.05, 0.1) is 0 Å². The van der Waals surface area contributed by atoms with Crippen LogP contribution in [0.1, 0.15) is 53.4 Å². The van der Waals surface area contributed by atoms with Crippen molar-refractivity contribution in [3.63, 3.8) is 0 Å². The SMILES string of the molecule is CC1=CC(CO)C(C(C)C)CC1CC(=O)N1CCC(C)CC1. The summed E-state index contributed by atoms with van der Waals surface area (Å²) in [5.74, 6) is 2.76. The van der Waals surface area contributed by atoms with Gasteiger partial charge in [-0.3, -0.25) is 4.79 Å². The Hall–Kier alpha value is -0.830. The van der Waals surface area contributed by atoms with Crippen LogP contribution in [0.25, 0.3) is 0 Å². The Bertz CT molecular complexity index is 408. The number of hydrogen-bond donors (Lipinski definition) is 1. The van der Waals surface area contributed by atoms with Crippen molar-refractivity contribution in [1.29, 1.82) is 0 Å². The quantitative estimate of drug-likeness (QED) is 0.808. The van der Waals surface area contributed by atoms with Gasteiger partial charge in [-0.25, -0.2) is 0 Å². The van der Waals surface area contributed by atoms with E-state index in [9.17, 15) is 9.90 Å². The topological polar surface area (TPSA) is 40.5 Å². The molecule has 0 radical (unpaired) electrons. The number of amides is 1. The summed E-state index contributed by atoms with van der Waals surface area (Å²) < 4.78 is 0. The van der Waals surface area contributed by atoms with Gasteiger partial charge in [0.1, 0.15) is 0 Å². The Labute approximate surface area is 135 Å². The van der Waals surface area contributed by atoms with Crippen molar-refractivity contribution in [3.8, 4) is 0 Å². The van der Waals surface area contributed by atoms with Gasteiger partial charge in [-0.05, 0) is 49.9 Å². The Kier molecular flexibility index (Phi) is 6.08. The number of aliphatic hydroxyl groups excluding tert-OH is 1. The maximum atomic E-state index is 12.6. The number of hydrogen-bond acceptors (Lipinski definition) is 2. The molecule has 1 aliphatic heterocycles. The van der Waals surface area contributed by atoms with Gasteiger partial charge >= 0.3 is 0 Å². The lowest BCUT2D eigenvalue weighted by atomic mass is 9.70. The van der Waals surface area contributed by atoms with Gasteiger partial charge in [-0.2, -0.15) is 0 Å². The van der Waals surface area contributed by atoms with Crippen LogP contribution in [-0.4, -0.2) is 35.6 Å². The van der Waals surface area contributed by atoms with Gasteiger partial charge in [-0.15, -0.1) is 0 Å². The van der Waals surface area contributed by atoms with Crippen LogP contribution in [0, 0.1) is 29.6 Å². The highest BCUT2D eigenvalue weighted by molar-refractivity contribution is 5.77. The predicted octanol–water partition coefficient (Wildman–Crippen LogP) is 3.48. The van der Waals surface area contributed by atoms with Crippen LogP contribution in [0.15, 0.2) is 11.6 Å². The first-order chi connectivity index (χ1) is 10.4. The molecule has 3 heteroatoms. The minimum absolute atomic E-state index is 0.227. The van der Waals surface area contributed by atoms with Gasteiger partial charge in [0, 0.05) is 32.0 Å². The lowest BCUT2D eigenvalue weighted by Gasteiger charge is -2.37. The van der Waals surface area contributed by atoms with Crippen LogP contribution in [0.2, 0.25) is 0 Å². The van der Waals surface area contributed by atoms with E-state index in [2.05, 4.69) is 38.7 Å². The standard InChI is InChI=1S/C19H33NO2/c1-13(2)18-10-16(15(4)9-17(18)12-21)11-19(22)20-7-5-14(3)6-8-20/h9,13-14,16-18,21H,5-8,10-12H2,1-4H3. The molecule has 3 unspecified atom stereocenters. The molecule has 0 aromatic rings. The molecule has 0 aromatic carbocycles. The molecule has 3 nitrogen and oxygen atoms in total. The summed E-state index contributed by atoms with van der Waals surface area (Å²) in [6.45, 7) is 11.0. The Morgan fingerprint density at radius 3 is 2.55 bits per heavy atom. The second-order valence-corrected chi connectivity index (χ2v) is 7.87. The number of allylic oxidation sites excluding steroid dienone is 1. The minimum Gasteiger partial charge on any atom is -0.396 e. The van der Waals surface area contributed by atoms with Gasteiger partial charge in [0.25, 0.3) is 0 Å². The highest BCUT2D eigenvalue weighted by Crippen LogP contribution is 2.39. The number of aliphatic hydroxyl groups is 1. The van der Waals surface area contributed by atoms with Crippen LogP contribution >= 0.6 is 0 Å². The summed E-state index contributed by atoms with van der Waals surface area (Å²) in [4.78, 5) is 14.7. The van der Waals surface area contributed by atoms with Crippen LogP contribution in [0.4, 0.5) is 0 Å². The van der Waals surface area contributed by atoms with E-state index >= 15 is 0 Å². The molecule has 1 saturated heterocycles. The average Bonchev–Trinajstić information content (AvgIpc) is 2.49. The van der Waals surface area contributed by atoms with Gasteiger partial charge in [-0.1, -0.05) is 32.4 Å². The predicted molar refractivity (Wildman–Crippen MR) is 90.4 cm³/mol. The molecular weight excluding hydrogens is 274 g/mol. The lowest BCUT2D eigenvalue weighted by molar-refractivity contribution is -0.133. The van der Waals surface area contributed by atoms with Gasteiger partial charge in [0.2, 0.25) is 5.91 Å². The second kappa shape index (κ2) is 7.63. The Morgan fingerprint density at radius 1 is 1.36 bits per heavy atom. The number of piperidine rings is 1. The molecule has 0 saturated carbocycles. The molecule has 0 spiro atoms. The fraction of sp³-hybridized carbons (Fsp3) is 0.842. The van der Waals surface area contributed by atoms with E-state index in [1.807, 2.05) is 0 Å². The Morgan fingerprint density at radius 2 is 2.00 bits per heavy atom. The third kappa shape index (κ3) is 4.13. The molecule has 2 aliphatic rings. The van der Waals surface area contributed by atoms with Crippen molar-refractivity contribution in [1.82, 2.24) is 4.90 Å². The highest BCUT2D eigenvalue weighted by atomic mass is 16.3. The lowest BCUT2D eigenvalue weighted by Crippen LogP contribution is -2.39. The summed E-state index contributed by atoms with van der Waals surface area (Å²) in [5.41, 5.74) is 1.30. The van der Waals surface area contributed by atoms with Gasteiger partial charge in [0.15, 0.2) is 0 Å².